The molecule has 4 rings (SSSR count). The third kappa shape index (κ3) is 6.78. The average molecular weight is 556 g/mol. The van der Waals surface area contributed by atoms with E-state index in [1.165, 1.54) is 0 Å². The summed E-state index contributed by atoms with van der Waals surface area (Å²) in [5.74, 6) is -2.09. The van der Waals surface area contributed by atoms with Crippen LogP contribution in [0, 0.1) is 0 Å². The highest BCUT2D eigenvalue weighted by atomic mass is 16.6. The zero-order valence-electron chi connectivity index (χ0n) is 23.2. The van der Waals surface area contributed by atoms with E-state index < -0.39 is 41.4 Å². The van der Waals surface area contributed by atoms with Crippen LogP contribution in [0.2, 0.25) is 0 Å². The fraction of sp³-hybridized carbons (Fsp3) is 0.571. The van der Waals surface area contributed by atoms with Crippen LogP contribution in [-0.2, 0) is 19.1 Å². The van der Waals surface area contributed by atoms with E-state index in [1.54, 1.807) is 43.9 Å². The van der Waals surface area contributed by atoms with Crippen molar-refractivity contribution in [3.63, 3.8) is 0 Å². The van der Waals surface area contributed by atoms with Crippen molar-refractivity contribution in [3.05, 3.63) is 29.3 Å². The number of unbranched alkanes of at least 4 members (excludes halogenated alkanes) is 2. The van der Waals surface area contributed by atoms with Crippen LogP contribution in [0.25, 0.3) is 0 Å². The van der Waals surface area contributed by atoms with E-state index >= 15 is 0 Å². The van der Waals surface area contributed by atoms with Gasteiger partial charge in [-0.15, -0.1) is 0 Å². The Kier molecular flexibility index (Phi) is 8.75. The lowest BCUT2D eigenvalue weighted by atomic mass is 10.0. The normalized spacial score (nSPS) is 20.9. The molecule has 1 aromatic rings. The van der Waals surface area contributed by atoms with Crippen molar-refractivity contribution >= 4 is 41.3 Å². The Morgan fingerprint density at radius 2 is 1.82 bits per heavy atom. The summed E-state index contributed by atoms with van der Waals surface area (Å²) in [5.41, 5.74) is 0.408. The van der Waals surface area contributed by atoms with Gasteiger partial charge in [0.2, 0.25) is 17.7 Å². The van der Waals surface area contributed by atoms with Crippen LogP contribution in [0.4, 0.5) is 10.5 Å². The molecule has 3 aliphatic heterocycles. The van der Waals surface area contributed by atoms with Gasteiger partial charge in [0.25, 0.3) is 11.8 Å². The molecule has 3 heterocycles. The number of hydrogen-bond donors (Lipinski definition) is 3. The maximum atomic E-state index is 13.2. The first-order valence-electron chi connectivity index (χ1n) is 13.8. The minimum Gasteiger partial charge on any atom is -0.444 e. The van der Waals surface area contributed by atoms with Crippen LogP contribution >= 0.6 is 0 Å². The standard InChI is InChI=1S/C28H37N5O7/c1-28(2,3)40-27(39)30-17-13-15-32(16-17)22(35)10-5-4-6-14-29-19-9-7-8-18-23(19)26(38)33(25(18)37)20-11-12-21(34)31-24(20)36/h7-9,17,20,29H,4-6,10-16H2,1-3H3,(H,30,39)(H,31,34,36). The first kappa shape index (κ1) is 29.0. The Balaban J connectivity index is 1.19. The van der Waals surface area contributed by atoms with Crippen molar-refractivity contribution in [2.24, 2.45) is 0 Å². The molecule has 2 atom stereocenters. The number of anilines is 1. The molecule has 0 aromatic heterocycles. The minimum atomic E-state index is -1.01. The lowest BCUT2D eigenvalue weighted by Crippen LogP contribution is -2.54. The van der Waals surface area contributed by atoms with Gasteiger partial charge in [0, 0.05) is 38.2 Å². The highest BCUT2D eigenvalue weighted by Crippen LogP contribution is 2.32. The lowest BCUT2D eigenvalue weighted by Gasteiger charge is -2.27. The summed E-state index contributed by atoms with van der Waals surface area (Å²) in [6.07, 6.45) is 3.04. The van der Waals surface area contributed by atoms with Crippen molar-refractivity contribution in [3.8, 4) is 0 Å². The maximum absolute atomic E-state index is 13.2. The topological polar surface area (TPSA) is 154 Å². The smallest absolute Gasteiger partial charge is 0.407 e. The Hall–Kier alpha value is -3.96. The first-order chi connectivity index (χ1) is 18.9. The van der Waals surface area contributed by atoms with Crippen molar-refractivity contribution in [1.29, 1.82) is 0 Å². The second-order valence-electron chi connectivity index (χ2n) is 11.4. The number of benzene rings is 1. The average Bonchev–Trinajstić information content (AvgIpc) is 3.43. The highest BCUT2D eigenvalue weighted by Gasteiger charge is 2.45. The van der Waals surface area contributed by atoms with Crippen LogP contribution in [-0.4, -0.2) is 82.7 Å². The third-order valence-electron chi connectivity index (χ3n) is 7.11. The number of rotatable bonds is 9. The lowest BCUT2D eigenvalue weighted by molar-refractivity contribution is -0.136. The monoisotopic (exact) mass is 555 g/mol. The summed E-state index contributed by atoms with van der Waals surface area (Å²) in [6, 6.07) is 3.84. The van der Waals surface area contributed by atoms with Gasteiger partial charge in [0.05, 0.1) is 17.2 Å². The van der Waals surface area contributed by atoms with Crippen LogP contribution in [0.3, 0.4) is 0 Å². The number of alkyl carbamates (subject to hydrolysis) is 1. The van der Waals surface area contributed by atoms with Crippen molar-refractivity contribution in [2.45, 2.75) is 83.4 Å². The zero-order valence-corrected chi connectivity index (χ0v) is 23.2. The SMILES string of the molecule is CC(C)(C)OC(=O)NC1CCN(C(=O)CCCCCNc2cccc3c2C(=O)N(C2CCC(=O)NC2=O)C3=O)C1. The first-order valence-corrected chi connectivity index (χ1v) is 13.8. The molecule has 3 N–H and O–H groups in total. The number of fused-ring (bicyclic) bond motifs is 1. The Bertz CT molecular complexity index is 1210. The number of likely N-dealkylation sites (tertiary alicyclic amines) is 1. The van der Waals surface area contributed by atoms with Crippen LogP contribution < -0.4 is 16.0 Å². The number of nitrogens with zero attached hydrogens (tertiary/aromatic N) is 2. The number of ether oxygens (including phenoxy) is 1. The summed E-state index contributed by atoms with van der Waals surface area (Å²) in [6.45, 7) is 7.02. The predicted molar refractivity (Wildman–Crippen MR) is 144 cm³/mol. The van der Waals surface area contributed by atoms with Crippen LogP contribution in [0.5, 0.6) is 0 Å². The molecule has 2 unspecified atom stereocenters. The molecule has 0 bridgehead atoms. The van der Waals surface area contributed by atoms with E-state index in [1.807, 2.05) is 0 Å². The highest BCUT2D eigenvalue weighted by molar-refractivity contribution is 6.25. The summed E-state index contributed by atoms with van der Waals surface area (Å²) in [4.78, 5) is 77.2. The van der Waals surface area contributed by atoms with Gasteiger partial charge in [-0.05, 0) is 58.6 Å². The molecule has 2 saturated heterocycles. The van der Waals surface area contributed by atoms with Crippen LogP contribution in [0.1, 0.15) is 86.4 Å². The van der Waals surface area contributed by atoms with E-state index in [0.29, 0.717) is 44.6 Å². The largest absolute Gasteiger partial charge is 0.444 e. The van der Waals surface area contributed by atoms with Crippen molar-refractivity contribution < 1.29 is 33.5 Å². The minimum absolute atomic E-state index is 0.0555. The summed E-state index contributed by atoms with van der Waals surface area (Å²) < 4.78 is 5.28. The fourth-order valence-electron chi connectivity index (χ4n) is 5.20. The van der Waals surface area contributed by atoms with Crippen molar-refractivity contribution in [1.82, 2.24) is 20.4 Å². The quantitative estimate of drug-likeness (QED) is 0.310. The maximum Gasteiger partial charge on any atom is 0.407 e. The molecule has 12 nitrogen and oxygen atoms in total. The molecule has 2 fully saturated rings. The molecule has 216 valence electrons. The Labute approximate surface area is 233 Å². The molecule has 0 saturated carbocycles. The number of imide groups is 2. The Morgan fingerprint density at radius 3 is 2.55 bits per heavy atom. The fourth-order valence-corrected chi connectivity index (χ4v) is 5.20. The second kappa shape index (κ2) is 12.1. The number of hydrogen-bond acceptors (Lipinski definition) is 8. The van der Waals surface area contributed by atoms with E-state index in [0.717, 1.165) is 17.7 Å². The van der Waals surface area contributed by atoms with Gasteiger partial charge < -0.3 is 20.3 Å². The molecule has 3 aliphatic rings. The van der Waals surface area contributed by atoms with Gasteiger partial charge in [-0.2, -0.15) is 0 Å². The second-order valence-corrected chi connectivity index (χ2v) is 11.4. The predicted octanol–water partition coefficient (Wildman–Crippen LogP) is 2.19. The van der Waals surface area contributed by atoms with Crippen LogP contribution in [0.15, 0.2) is 18.2 Å². The summed E-state index contributed by atoms with van der Waals surface area (Å²) in [5, 5.41) is 8.24. The Morgan fingerprint density at radius 1 is 1.05 bits per heavy atom. The summed E-state index contributed by atoms with van der Waals surface area (Å²) in [7, 11) is 0. The molecular formula is C28H37N5O7. The molecule has 6 amide bonds. The molecular weight excluding hydrogens is 518 g/mol. The number of carbonyl (C=O) groups is 6. The molecule has 0 spiro atoms. The van der Waals surface area contributed by atoms with Gasteiger partial charge in [-0.25, -0.2) is 4.79 Å². The number of carbonyl (C=O) groups excluding carboxylic acids is 6. The molecule has 40 heavy (non-hydrogen) atoms. The summed E-state index contributed by atoms with van der Waals surface area (Å²) >= 11 is 0. The van der Waals surface area contributed by atoms with Gasteiger partial charge >= 0.3 is 6.09 Å². The van der Waals surface area contributed by atoms with Gasteiger partial charge in [0.1, 0.15) is 11.6 Å². The van der Waals surface area contributed by atoms with Gasteiger partial charge in [-0.3, -0.25) is 34.2 Å². The molecule has 0 radical (unpaired) electrons. The molecule has 0 aliphatic carbocycles. The van der Waals surface area contributed by atoms with E-state index in [4.69, 9.17) is 4.74 Å². The van der Waals surface area contributed by atoms with E-state index in [2.05, 4.69) is 16.0 Å². The third-order valence-corrected chi connectivity index (χ3v) is 7.11. The molecule has 1 aromatic carbocycles. The number of piperidine rings is 1. The molecule has 12 heteroatoms. The van der Waals surface area contributed by atoms with E-state index in [-0.39, 0.29) is 35.9 Å². The van der Waals surface area contributed by atoms with Gasteiger partial charge in [-0.1, -0.05) is 12.5 Å². The van der Waals surface area contributed by atoms with Crippen molar-refractivity contribution in [2.75, 3.05) is 25.0 Å². The number of nitrogens with one attached hydrogen (secondary N) is 3. The number of amides is 6. The van der Waals surface area contributed by atoms with E-state index in [9.17, 15) is 28.8 Å². The zero-order chi connectivity index (χ0) is 29.0. The van der Waals surface area contributed by atoms with Gasteiger partial charge in [0.15, 0.2) is 0 Å².